The number of aromatic nitrogens is 2. The number of carbonyl (C=O) groups is 1. The predicted molar refractivity (Wildman–Crippen MR) is 108 cm³/mol. The van der Waals surface area contributed by atoms with E-state index in [4.69, 9.17) is 4.74 Å². The highest BCUT2D eigenvalue weighted by Gasteiger charge is 2.28. The first-order valence-corrected chi connectivity index (χ1v) is 11.2. The van der Waals surface area contributed by atoms with Gasteiger partial charge in [-0.3, -0.25) is 0 Å². The van der Waals surface area contributed by atoms with Gasteiger partial charge in [-0.1, -0.05) is 19.1 Å². The average molecular weight is 407 g/mol. The number of rotatable bonds is 6. The van der Waals surface area contributed by atoms with Gasteiger partial charge < -0.3 is 9.64 Å². The Labute approximate surface area is 165 Å². The molecule has 1 aliphatic rings. The van der Waals surface area contributed by atoms with Crippen LogP contribution in [0.15, 0.2) is 24.3 Å². The zero-order valence-corrected chi connectivity index (χ0v) is 17.1. The molecule has 0 bridgehead atoms. The molecule has 3 rings (SSSR count). The van der Waals surface area contributed by atoms with Gasteiger partial charge in [-0.15, -0.1) is 0 Å². The second-order valence-corrected chi connectivity index (χ2v) is 8.75. The van der Waals surface area contributed by atoms with Crippen LogP contribution in [-0.4, -0.2) is 67.2 Å². The number of para-hydroxylation sites is 2. The largest absolute Gasteiger partial charge is 0.461 e. The van der Waals surface area contributed by atoms with Crippen molar-refractivity contribution in [2.75, 3.05) is 43.4 Å². The lowest BCUT2D eigenvalue weighted by Gasteiger charge is -2.24. The molecule has 1 aliphatic heterocycles. The lowest BCUT2D eigenvalue weighted by atomic mass is 10.2. The highest BCUT2D eigenvalue weighted by molar-refractivity contribution is 7.89. The van der Waals surface area contributed by atoms with E-state index in [-0.39, 0.29) is 18.1 Å². The number of carbonyl (C=O) groups excluding carboxylic acids is 1. The molecule has 9 heteroatoms. The van der Waals surface area contributed by atoms with Crippen LogP contribution in [-0.2, 0) is 14.8 Å². The van der Waals surface area contributed by atoms with Gasteiger partial charge in [0.05, 0.1) is 23.4 Å². The fourth-order valence-corrected chi connectivity index (χ4v) is 4.86. The standard InChI is InChI=1S/C19H26N4O4S/c1-3-14-28(25,26)23-11-7-10-22(12-13-23)18-17(19(24)27-4-2)20-15-8-5-6-9-16(15)21-18/h5-6,8-9H,3-4,7,10-14H2,1-2H3. The number of nitrogens with zero attached hydrogens (tertiary/aromatic N) is 4. The first-order valence-electron chi connectivity index (χ1n) is 9.63. The predicted octanol–water partition coefficient (Wildman–Crippen LogP) is 2.06. The molecule has 0 unspecified atom stereocenters. The number of benzene rings is 1. The molecule has 2 aromatic rings. The van der Waals surface area contributed by atoms with Crippen LogP contribution in [0.5, 0.6) is 0 Å². The van der Waals surface area contributed by atoms with Gasteiger partial charge in [0.2, 0.25) is 10.0 Å². The molecule has 0 amide bonds. The van der Waals surface area contributed by atoms with Crippen molar-refractivity contribution in [3.05, 3.63) is 30.0 Å². The minimum absolute atomic E-state index is 0.150. The molecule has 0 aliphatic carbocycles. The van der Waals surface area contributed by atoms with Gasteiger partial charge in [0.25, 0.3) is 0 Å². The van der Waals surface area contributed by atoms with Crippen LogP contribution in [0, 0.1) is 0 Å². The lowest BCUT2D eigenvalue weighted by molar-refractivity contribution is 0.0520. The van der Waals surface area contributed by atoms with E-state index in [1.54, 1.807) is 13.0 Å². The summed E-state index contributed by atoms with van der Waals surface area (Å²) in [6, 6.07) is 7.35. The van der Waals surface area contributed by atoms with Crippen molar-refractivity contribution in [1.82, 2.24) is 14.3 Å². The monoisotopic (exact) mass is 406 g/mol. The van der Waals surface area contributed by atoms with Gasteiger partial charge in [0, 0.05) is 26.2 Å². The van der Waals surface area contributed by atoms with Crippen molar-refractivity contribution >= 4 is 32.8 Å². The first kappa shape index (κ1) is 20.5. The number of hydrogen-bond donors (Lipinski definition) is 0. The third-order valence-corrected chi connectivity index (χ3v) is 6.71. The lowest BCUT2D eigenvalue weighted by Crippen LogP contribution is -2.37. The molecule has 0 radical (unpaired) electrons. The van der Waals surface area contributed by atoms with Crippen LogP contribution < -0.4 is 4.90 Å². The Kier molecular flexibility index (Phi) is 6.46. The zero-order valence-electron chi connectivity index (χ0n) is 16.3. The topological polar surface area (TPSA) is 92.7 Å². The van der Waals surface area contributed by atoms with Gasteiger partial charge >= 0.3 is 5.97 Å². The maximum atomic E-state index is 12.5. The highest BCUT2D eigenvalue weighted by Crippen LogP contribution is 2.23. The molecule has 152 valence electrons. The molecule has 1 aromatic carbocycles. The molecule has 0 atom stereocenters. The number of esters is 1. The molecular weight excluding hydrogens is 380 g/mol. The molecule has 0 saturated carbocycles. The van der Waals surface area contributed by atoms with Crippen molar-refractivity contribution in [3.63, 3.8) is 0 Å². The molecule has 1 aromatic heterocycles. The van der Waals surface area contributed by atoms with Crippen LogP contribution in [0.3, 0.4) is 0 Å². The van der Waals surface area contributed by atoms with Crippen molar-refractivity contribution in [1.29, 1.82) is 0 Å². The number of hydrogen-bond acceptors (Lipinski definition) is 7. The molecule has 1 saturated heterocycles. The smallest absolute Gasteiger partial charge is 0.360 e. The Morgan fingerprint density at radius 2 is 1.79 bits per heavy atom. The quantitative estimate of drug-likeness (QED) is 0.678. The van der Waals surface area contributed by atoms with Crippen LogP contribution in [0.4, 0.5) is 5.82 Å². The SMILES string of the molecule is CCCS(=O)(=O)N1CCCN(c2nc3ccccc3nc2C(=O)OCC)CC1. The maximum absolute atomic E-state index is 12.5. The Morgan fingerprint density at radius 1 is 1.07 bits per heavy atom. The summed E-state index contributed by atoms with van der Waals surface area (Å²) in [7, 11) is -3.25. The Balaban J connectivity index is 1.93. The molecule has 28 heavy (non-hydrogen) atoms. The van der Waals surface area contributed by atoms with Gasteiger partial charge in [-0.2, -0.15) is 0 Å². The maximum Gasteiger partial charge on any atom is 0.360 e. The zero-order chi connectivity index (χ0) is 20.1. The minimum Gasteiger partial charge on any atom is -0.461 e. The van der Waals surface area contributed by atoms with E-state index >= 15 is 0 Å². The normalized spacial score (nSPS) is 16.1. The van der Waals surface area contributed by atoms with E-state index in [0.29, 0.717) is 55.9 Å². The number of fused-ring (bicyclic) bond motifs is 1. The van der Waals surface area contributed by atoms with Crippen molar-refractivity contribution in [2.24, 2.45) is 0 Å². The van der Waals surface area contributed by atoms with Crippen LogP contribution in [0.25, 0.3) is 11.0 Å². The molecule has 8 nitrogen and oxygen atoms in total. The van der Waals surface area contributed by atoms with Gasteiger partial charge in [0.1, 0.15) is 0 Å². The van der Waals surface area contributed by atoms with E-state index in [2.05, 4.69) is 9.97 Å². The van der Waals surface area contributed by atoms with Crippen molar-refractivity contribution < 1.29 is 17.9 Å². The fraction of sp³-hybridized carbons (Fsp3) is 0.526. The summed E-state index contributed by atoms with van der Waals surface area (Å²) >= 11 is 0. The Hall–Kier alpha value is -2.26. The second kappa shape index (κ2) is 8.83. The summed E-state index contributed by atoms with van der Waals surface area (Å²) in [5.41, 5.74) is 1.48. The van der Waals surface area contributed by atoms with Gasteiger partial charge in [-0.05, 0) is 31.9 Å². The molecule has 0 spiro atoms. The third-order valence-electron chi connectivity index (χ3n) is 4.63. The van der Waals surface area contributed by atoms with Crippen LogP contribution >= 0.6 is 0 Å². The summed E-state index contributed by atoms with van der Waals surface area (Å²) < 4.78 is 31.6. The summed E-state index contributed by atoms with van der Waals surface area (Å²) in [6.45, 7) is 5.72. The number of anilines is 1. The van der Waals surface area contributed by atoms with E-state index < -0.39 is 16.0 Å². The van der Waals surface area contributed by atoms with Crippen molar-refractivity contribution in [3.8, 4) is 0 Å². The van der Waals surface area contributed by atoms with Crippen LogP contribution in [0.1, 0.15) is 37.2 Å². The Bertz CT molecular complexity index is 948. The molecule has 1 fully saturated rings. The molecular formula is C19H26N4O4S. The summed E-state index contributed by atoms with van der Waals surface area (Å²) in [5, 5.41) is 0. The van der Waals surface area contributed by atoms with Crippen molar-refractivity contribution in [2.45, 2.75) is 26.7 Å². The summed E-state index contributed by atoms with van der Waals surface area (Å²) in [4.78, 5) is 23.6. The fourth-order valence-electron chi connectivity index (χ4n) is 3.32. The second-order valence-electron chi connectivity index (χ2n) is 6.66. The van der Waals surface area contributed by atoms with E-state index in [1.807, 2.05) is 30.0 Å². The van der Waals surface area contributed by atoms with Gasteiger partial charge in [-0.25, -0.2) is 27.5 Å². The average Bonchev–Trinajstić information content (AvgIpc) is 2.94. The van der Waals surface area contributed by atoms with E-state index in [0.717, 1.165) is 0 Å². The third kappa shape index (κ3) is 4.41. The molecule has 0 N–H and O–H groups in total. The van der Waals surface area contributed by atoms with E-state index in [1.165, 1.54) is 4.31 Å². The first-order chi connectivity index (χ1) is 13.5. The van der Waals surface area contributed by atoms with E-state index in [9.17, 15) is 13.2 Å². The molecule has 2 heterocycles. The number of sulfonamides is 1. The number of ether oxygens (including phenoxy) is 1. The summed E-state index contributed by atoms with van der Waals surface area (Å²) in [5.74, 6) is 0.0824. The Morgan fingerprint density at radius 3 is 2.46 bits per heavy atom. The summed E-state index contributed by atoms with van der Waals surface area (Å²) in [6.07, 6.45) is 1.24. The van der Waals surface area contributed by atoms with Gasteiger partial charge in [0.15, 0.2) is 11.5 Å². The van der Waals surface area contributed by atoms with Crippen LogP contribution in [0.2, 0.25) is 0 Å². The highest BCUT2D eigenvalue weighted by atomic mass is 32.2. The minimum atomic E-state index is -3.25.